The Morgan fingerprint density at radius 1 is 1.31 bits per heavy atom. The fourth-order valence-corrected chi connectivity index (χ4v) is 5.75. The van der Waals surface area contributed by atoms with Crippen molar-refractivity contribution in [3.8, 4) is 0 Å². The Balaban J connectivity index is 2.23. The molecule has 4 atom stereocenters. The van der Waals surface area contributed by atoms with E-state index in [4.69, 9.17) is 0 Å². The second kappa shape index (κ2) is 2.80. The zero-order valence-corrected chi connectivity index (χ0v) is 10.7. The molecular formula is C15H22O. The third-order valence-electron chi connectivity index (χ3n) is 6.43. The number of rotatable bonds is 1. The smallest absolute Gasteiger partial charge is 0.146 e. The lowest BCUT2D eigenvalue weighted by Gasteiger charge is -2.47. The van der Waals surface area contributed by atoms with Gasteiger partial charge < -0.3 is 0 Å². The Morgan fingerprint density at radius 2 is 2.06 bits per heavy atom. The molecule has 2 fully saturated rings. The molecule has 0 heterocycles. The lowest BCUT2D eigenvalue weighted by atomic mass is 9.55. The molecule has 0 aromatic carbocycles. The van der Waals surface area contributed by atoms with E-state index in [0.29, 0.717) is 10.8 Å². The number of carbonyl (C=O) groups is 1. The fourth-order valence-electron chi connectivity index (χ4n) is 5.75. The number of hydrogen-bond acceptors (Lipinski definition) is 1. The van der Waals surface area contributed by atoms with Crippen LogP contribution in [0, 0.1) is 22.2 Å². The van der Waals surface area contributed by atoms with Crippen molar-refractivity contribution in [3.05, 3.63) is 11.6 Å². The number of carbonyl (C=O) groups excluding carboxylic acids is 1. The second-order valence-corrected chi connectivity index (χ2v) is 6.73. The Hall–Kier alpha value is -0.590. The van der Waals surface area contributed by atoms with Crippen LogP contribution in [0.15, 0.2) is 11.6 Å². The Kier molecular flexibility index (Phi) is 1.85. The summed E-state index contributed by atoms with van der Waals surface area (Å²) in [5, 5.41) is 0. The highest BCUT2D eigenvalue weighted by atomic mass is 16.1. The van der Waals surface area contributed by atoms with E-state index in [1.165, 1.54) is 32.1 Å². The predicted molar refractivity (Wildman–Crippen MR) is 65.0 cm³/mol. The van der Waals surface area contributed by atoms with Gasteiger partial charge in [0.25, 0.3) is 0 Å². The molecule has 0 bridgehead atoms. The molecule has 16 heavy (non-hydrogen) atoms. The summed E-state index contributed by atoms with van der Waals surface area (Å²) in [6, 6.07) is 0. The van der Waals surface area contributed by atoms with Crippen LogP contribution in [0.5, 0.6) is 0 Å². The van der Waals surface area contributed by atoms with Crippen LogP contribution in [0.3, 0.4) is 0 Å². The zero-order valence-electron chi connectivity index (χ0n) is 10.7. The van der Waals surface area contributed by atoms with Gasteiger partial charge in [-0.25, -0.2) is 0 Å². The van der Waals surface area contributed by atoms with Gasteiger partial charge in [-0.2, -0.15) is 0 Å². The average Bonchev–Trinajstić information content (AvgIpc) is 2.77. The summed E-state index contributed by atoms with van der Waals surface area (Å²) < 4.78 is 0. The molecule has 3 aliphatic rings. The molecular weight excluding hydrogens is 196 g/mol. The summed E-state index contributed by atoms with van der Waals surface area (Å²) in [6.07, 6.45) is 9.95. The van der Waals surface area contributed by atoms with Crippen LogP contribution in [-0.2, 0) is 4.79 Å². The summed E-state index contributed by atoms with van der Waals surface area (Å²) in [5.41, 5.74) is 1.99. The summed E-state index contributed by atoms with van der Waals surface area (Å²) in [5.74, 6) is 0.777. The van der Waals surface area contributed by atoms with Gasteiger partial charge in [-0.3, -0.25) is 4.79 Å². The molecule has 88 valence electrons. The second-order valence-electron chi connectivity index (χ2n) is 6.73. The first kappa shape index (κ1) is 10.6. The first-order chi connectivity index (χ1) is 7.50. The molecule has 2 saturated carbocycles. The van der Waals surface area contributed by atoms with Crippen molar-refractivity contribution >= 4 is 6.29 Å². The minimum atomic E-state index is 0.180. The molecule has 3 rings (SSSR count). The average molecular weight is 218 g/mol. The maximum atomic E-state index is 11.4. The van der Waals surface area contributed by atoms with Crippen molar-refractivity contribution in [1.82, 2.24) is 0 Å². The van der Waals surface area contributed by atoms with Crippen LogP contribution in [-0.4, -0.2) is 6.29 Å². The topological polar surface area (TPSA) is 17.1 Å². The van der Waals surface area contributed by atoms with Gasteiger partial charge in [-0.15, -0.1) is 0 Å². The molecule has 0 unspecified atom stereocenters. The van der Waals surface area contributed by atoms with Crippen molar-refractivity contribution in [2.75, 3.05) is 0 Å². The van der Waals surface area contributed by atoms with Crippen LogP contribution in [0.2, 0.25) is 0 Å². The van der Waals surface area contributed by atoms with E-state index in [0.717, 1.165) is 17.8 Å². The third kappa shape index (κ3) is 0.813. The highest BCUT2D eigenvalue weighted by Crippen LogP contribution is 2.77. The van der Waals surface area contributed by atoms with Gasteiger partial charge in [0.15, 0.2) is 0 Å². The minimum absolute atomic E-state index is 0.180. The van der Waals surface area contributed by atoms with Gasteiger partial charge in [0.05, 0.1) is 0 Å². The molecule has 3 aliphatic carbocycles. The predicted octanol–water partition coefficient (Wildman–Crippen LogP) is 3.74. The Labute approximate surface area is 98.3 Å². The molecule has 0 radical (unpaired) electrons. The zero-order chi connectivity index (χ0) is 11.6. The van der Waals surface area contributed by atoms with Crippen molar-refractivity contribution in [3.63, 3.8) is 0 Å². The molecule has 0 saturated heterocycles. The number of allylic oxidation sites excluding steroid dienone is 2. The van der Waals surface area contributed by atoms with Gasteiger partial charge >= 0.3 is 0 Å². The van der Waals surface area contributed by atoms with E-state index in [1.807, 2.05) is 0 Å². The quantitative estimate of drug-likeness (QED) is 0.613. The molecule has 1 spiro atoms. The van der Waals surface area contributed by atoms with E-state index in [1.54, 1.807) is 0 Å². The molecule has 1 nitrogen and oxygen atoms in total. The van der Waals surface area contributed by atoms with Crippen LogP contribution < -0.4 is 0 Å². The van der Waals surface area contributed by atoms with Crippen molar-refractivity contribution < 1.29 is 4.79 Å². The molecule has 1 heteroatoms. The van der Waals surface area contributed by atoms with E-state index in [9.17, 15) is 4.79 Å². The van der Waals surface area contributed by atoms with Gasteiger partial charge in [0.2, 0.25) is 0 Å². The first-order valence-electron chi connectivity index (χ1n) is 6.69. The first-order valence-corrected chi connectivity index (χ1v) is 6.69. The van der Waals surface area contributed by atoms with Crippen LogP contribution >= 0.6 is 0 Å². The molecule has 0 N–H and O–H groups in total. The summed E-state index contributed by atoms with van der Waals surface area (Å²) in [4.78, 5) is 11.4. The van der Waals surface area contributed by atoms with Gasteiger partial charge in [0, 0.05) is 5.41 Å². The summed E-state index contributed by atoms with van der Waals surface area (Å²) >= 11 is 0. The van der Waals surface area contributed by atoms with Gasteiger partial charge in [-0.1, -0.05) is 33.3 Å². The Bertz CT molecular complexity index is 383. The maximum absolute atomic E-state index is 11.4. The lowest BCUT2D eigenvalue weighted by Crippen LogP contribution is -2.43. The fraction of sp³-hybridized carbons (Fsp3) is 0.800. The molecule has 0 aromatic rings. The third-order valence-corrected chi connectivity index (χ3v) is 6.43. The van der Waals surface area contributed by atoms with Gasteiger partial charge in [-0.05, 0) is 48.0 Å². The molecule has 0 aliphatic heterocycles. The van der Waals surface area contributed by atoms with Crippen molar-refractivity contribution in [1.29, 1.82) is 0 Å². The van der Waals surface area contributed by atoms with E-state index in [-0.39, 0.29) is 5.41 Å². The lowest BCUT2D eigenvalue weighted by molar-refractivity contribution is -0.106. The molecule has 0 aromatic heterocycles. The standard InChI is InChI=1S/C15H22O/c1-11-5-8-14(3)12(10-16)9-13(2)6-4-7-15(11,13)14/h9-11H,4-8H2,1-3H3/t11-,13+,14+,15-/m0/s1. The highest BCUT2D eigenvalue weighted by Gasteiger charge is 2.69. The van der Waals surface area contributed by atoms with Gasteiger partial charge in [0.1, 0.15) is 6.29 Å². The maximum Gasteiger partial charge on any atom is 0.146 e. The van der Waals surface area contributed by atoms with E-state index < -0.39 is 0 Å². The summed E-state index contributed by atoms with van der Waals surface area (Å²) in [7, 11) is 0. The number of hydrogen-bond donors (Lipinski definition) is 0. The normalized spacial score (nSPS) is 54.7. The minimum Gasteiger partial charge on any atom is -0.298 e. The SMILES string of the molecule is C[C@H]1CC[C@]2(C)C(C=O)=C[C@@]3(C)CCC[C@]132. The van der Waals surface area contributed by atoms with Crippen LogP contribution in [0.1, 0.15) is 52.9 Å². The monoisotopic (exact) mass is 218 g/mol. The summed E-state index contributed by atoms with van der Waals surface area (Å²) in [6.45, 7) is 7.17. The molecule has 0 amide bonds. The van der Waals surface area contributed by atoms with E-state index in [2.05, 4.69) is 26.8 Å². The van der Waals surface area contributed by atoms with Crippen molar-refractivity contribution in [2.24, 2.45) is 22.2 Å². The largest absolute Gasteiger partial charge is 0.298 e. The highest BCUT2D eigenvalue weighted by molar-refractivity contribution is 5.78. The van der Waals surface area contributed by atoms with E-state index >= 15 is 0 Å². The van der Waals surface area contributed by atoms with Crippen molar-refractivity contribution in [2.45, 2.75) is 52.9 Å². The Morgan fingerprint density at radius 3 is 2.75 bits per heavy atom. The number of aldehydes is 1. The van der Waals surface area contributed by atoms with Crippen LogP contribution in [0.25, 0.3) is 0 Å². The van der Waals surface area contributed by atoms with Crippen LogP contribution in [0.4, 0.5) is 0 Å².